The Kier molecular flexibility index (Phi) is 6.10. The van der Waals surface area contributed by atoms with E-state index in [-0.39, 0.29) is 19.3 Å². The first kappa shape index (κ1) is 20.4. The Hall–Kier alpha value is -2.32. The number of carbonyl (C=O) groups is 1. The summed E-state index contributed by atoms with van der Waals surface area (Å²) in [6.45, 7) is 6.31. The molecule has 1 aliphatic rings. The summed E-state index contributed by atoms with van der Waals surface area (Å²) in [4.78, 5) is 22.2. The highest BCUT2D eigenvalue weighted by Gasteiger charge is 2.34. The van der Waals surface area contributed by atoms with Gasteiger partial charge in [0.05, 0.1) is 17.9 Å². The highest BCUT2D eigenvalue weighted by atomic mass is 16.6. The zero-order valence-electron chi connectivity index (χ0n) is 17.2. The van der Waals surface area contributed by atoms with Gasteiger partial charge in [0.2, 0.25) is 0 Å². The molecule has 1 saturated heterocycles. The van der Waals surface area contributed by atoms with Crippen molar-refractivity contribution in [2.45, 2.75) is 45.3 Å². The molecule has 1 N–H and O–H groups in total. The molecule has 0 bridgehead atoms. The molecule has 2 heterocycles. The van der Waals surface area contributed by atoms with Crippen molar-refractivity contribution in [2.75, 3.05) is 20.8 Å². The fourth-order valence-corrected chi connectivity index (χ4v) is 3.43. The van der Waals surface area contributed by atoms with E-state index in [0.717, 1.165) is 35.4 Å². The third kappa shape index (κ3) is 4.56. The van der Waals surface area contributed by atoms with Gasteiger partial charge in [-0.1, -0.05) is 24.3 Å². The molecular weight excluding hydrogens is 357 g/mol. The number of amides is 1. The van der Waals surface area contributed by atoms with Crippen LogP contribution in [-0.2, 0) is 14.0 Å². The van der Waals surface area contributed by atoms with Crippen molar-refractivity contribution in [2.24, 2.45) is 0 Å². The number of imidazole rings is 1. The minimum atomic E-state index is -0.511. The molecule has 0 spiro atoms. The van der Waals surface area contributed by atoms with Crippen molar-refractivity contribution in [1.82, 2.24) is 14.9 Å². The van der Waals surface area contributed by atoms with Crippen LogP contribution in [0, 0.1) is 0 Å². The molecule has 1 aliphatic heterocycles. The maximum atomic E-state index is 12.5. The number of nitrogens with one attached hydrogen (secondary N) is 1. The number of nitrogens with zero attached hydrogens (tertiary/aromatic N) is 2. The lowest BCUT2D eigenvalue weighted by molar-refractivity contribution is 0.0218. The van der Waals surface area contributed by atoms with Crippen LogP contribution in [0.3, 0.4) is 0 Å². The highest BCUT2D eigenvalue weighted by molar-refractivity contribution is 6.61. The summed E-state index contributed by atoms with van der Waals surface area (Å²) in [6, 6.07) is 7.84. The van der Waals surface area contributed by atoms with Crippen molar-refractivity contribution < 1.29 is 18.8 Å². The lowest BCUT2D eigenvalue weighted by Gasteiger charge is -2.27. The molecule has 1 fully saturated rings. The molecule has 2 aromatic rings. The highest BCUT2D eigenvalue weighted by Crippen LogP contribution is 2.32. The number of rotatable bonds is 5. The Bertz CT molecular complexity index is 797. The first-order valence-corrected chi connectivity index (χ1v) is 9.53. The minimum absolute atomic E-state index is 0.0887. The summed E-state index contributed by atoms with van der Waals surface area (Å²) in [7, 11) is 2.84. The van der Waals surface area contributed by atoms with Gasteiger partial charge < -0.3 is 19.0 Å². The van der Waals surface area contributed by atoms with Gasteiger partial charge in [-0.3, -0.25) is 4.90 Å². The Labute approximate surface area is 166 Å². The number of hydrogen-bond donors (Lipinski definition) is 1. The van der Waals surface area contributed by atoms with E-state index in [1.807, 2.05) is 45.0 Å². The van der Waals surface area contributed by atoms with E-state index >= 15 is 0 Å². The molecule has 0 saturated carbocycles. The molecule has 1 amide bonds. The zero-order chi connectivity index (χ0) is 20.3. The Morgan fingerprint density at radius 1 is 1.21 bits per heavy atom. The van der Waals surface area contributed by atoms with E-state index in [2.05, 4.69) is 9.97 Å². The smallest absolute Gasteiger partial charge is 0.444 e. The molecule has 1 atom stereocenters. The van der Waals surface area contributed by atoms with Crippen LogP contribution in [0.2, 0.25) is 0 Å². The van der Waals surface area contributed by atoms with Crippen LogP contribution in [0.4, 0.5) is 4.79 Å². The van der Waals surface area contributed by atoms with Gasteiger partial charge >= 0.3 is 13.2 Å². The van der Waals surface area contributed by atoms with E-state index in [4.69, 9.17) is 14.0 Å². The molecule has 1 aromatic heterocycles. The molecule has 8 heteroatoms. The van der Waals surface area contributed by atoms with Gasteiger partial charge in [0.25, 0.3) is 0 Å². The number of carbonyl (C=O) groups excluding carboxylic acids is 1. The summed E-state index contributed by atoms with van der Waals surface area (Å²) < 4.78 is 16.1. The van der Waals surface area contributed by atoms with Crippen LogP contribution in [0.15, 0.2) is 30.5 Å². The number of aromatic nitrogens is 2. The molecule has 1 aromatic carbocycles. The molecule has 0 unspecified atom stereocenters. The summed E-state index contributed by atoms with van der Waals surface area (Å²) in [6.07, 6.45) is 3.32. The number of hydrogen-bond acceptors (Lipinski definition) is 5. The molecule has 7 nitrogen and oxygen atoms in total. The molecule has 3 rings (SSSR count). The number of H-pyrrole nitrogens is 1. The predicted molar refractivity (Wildman–Crippen MR) is 108 cm³/mol. The van der Waals surface area contributed by atoms with E-state index < -0.39 is 5.60 Å². The van der Waals surface area contributed by atoms with Crippen molar-refractivity contribution in [1.29, 1.82) is 0 Å². The third-order valence-corrected chi connectivity index (χ3v) is 4.71. The predicted octanol–water partition coefficient (Wildman–Crippen LogP) is 3.14. The van der Waals surface area contributed by atoms with Crippen LogP contribution >= 0.6 is 0 Å². The maximum Gasteiger partial charge on any atom is 0.493 e. The van der Waals surface area contributed by atoms with Gasteiger partial charge in [-0.05, 0) is 44.6 Å². The van der Waals surface area contributed by atoms with Crippen LogP contribution in [-0.4, -0.2) is 54.4 Å². The SMILES string of the molecule is COB(OC)c1ccc(-c2cnc([C@@H]3CCCN3C(=O)OC(C)(C)C)[nH]2)cc1. The summed E-state index contributed by atoms with van der Waals surface area (Å²) in [5.74, 6) is 0.786. The van der Waals surface area contributed by atoms with Crippen molar-refractivity contribution >= 4 is 18.7 Å². The van der Waals surface area contributed by atoms with E-state index in [1.54, 1.807) is 25.3 Å². The molecule has 0 radical (unpaired) electrons. The maximum absolute atomic E-state index is 12.5. The second-order valence-corrected chi connectivity index (χ2v) is 7.94. The number of ether oxygens (including phenoxy) is 1. The molecular formula is C20H28BN3O4. The summed E-state index contributed by atoms with van der Waals surface area (Å²) in [5.41, 5.74) is 2.35. The average Bonchev–Trinajstić information content (AvgIpc) is 3.31. The lowest BCUT2D eigenvalue weighted by atomic mass is 9.79. The fourth-order valence-electron chi connectivity index (χ4n) is 3.43. The standard InChI is InChI=1S/C20H28BN3O4/c1-20(2,3)28-19(25)24-12-6-7-17(24)18-22-13-16(23-18)14-8-10-15(11-9-14)21(26-4)27-5/h8-11,13,17H,6-7,12H2,1-5H3,(H,22,23)/t17-/m0/s1. The Morgan fingerprint density at radius 2 is 1.89 bits per heavy atom. The van der Waals surface area contributed by atoms with Crippen molar-refractivity contribution in [3.05, 3.63) is 36.3 Å². The third-order valence-electron chi connectivity index (χ3n) is 4.71. The lowest BCUT2D eigenvalue weighted by Crippen LogP contribution is -2.36. The number of benzene rings is 1. The van der Waals surface area contributed by atoms with Gasteiger partial charge in [-0.25, -0.2) is 9.78 Å². The van der Waals surface area contributed by atoms with Crippen molar-refractivity contribution in [3.63, 3.8) is 0 Å². The van der Waals surface area contributed by atoms with E-state index in [0.29, 0.717) is 6.54 Å². The van der Waals surface area contributed by atoms with Crippen LogP contribution < -0.4 is 5.46 Å². The molecule has 0 aliphatic carbocycles. The topological polar surface area (TPSA) is 76.7 Å². The normalized spacial score (nSPS) is 17.0. The van der Waals surface area contributed by atoms with Gasteiger partial charge in [0.15, 0.2) is 0 Å². The summed E-state index contributed by atoms with van der Waals surface area (Å²) >= 11 is 0. The van der Waals surface area contributed by atoms with Crippen LogP contribution in [0.1, 0.15) is 45.5 Å². The van der Waals surface area contributed by atoms with Gasteiger partial charge in [-0.2, -0.15) is 0 Å². The number of likely N-dealkylation sites (tertiary alicyclic amines) is 1. The monoisotopic (exact) mass is 385 g/mol. The largest absolute Gasteiger partial charge is 0.493 e. The first-order valence-electron chi connectivity index (χ1n) is 9.53. The average molecular weight is 385 g/mol. The quantitative estimate of drug-likeness (QED) is 0.801. The fraction of sp³-hybridized carbons (Fsp3) is 0.500. The number of aromatic amines is 1. The van der Waals surface area contributed by atoms with E-state index in [1.165, 1.54) is 0 Å². The molecule has 150 valence electrons. The van der Waals surface area contributed by atoms with Crippen molar-refractivity contribution in [3.8, 4) is 11.3 Å². The second-order valence-electron chi connectivity index (χ2n) is 7.94. The minimum Gasteiger partial charge on any atom is -0.444 e. The zero-order valence-corrected chi connectivity index (χ0v) is 17.2. The van der Waals surface area contributed by atoms with Gasteiger partial charge in [-0.15, -0.1) is 0 Å². The van der Waals surface area contributed by atoms with Gasteiger partial charge in [0, 0.05) is 20.8 Å². The second kappa shape index (κ2) is 8.37. The van der Waals surface area contributed by atoms with Gasteiger partial charge in [0.1, 0.15) is 11.4 Å². The Morgan fingerprint density at radius 3 is 2.50 bits per heavy atom. The van der Waals surface area contributed by atoms with Crippen LogP contribution in [0.25, 0.3) is 11.3 Å². The first-order chi connectivity index (χ1) is 13.3. The Balaban J connectivity index is 1.75. The summed E-state index contributed by atoms with van der Waals surface area (Å²) in [5, 5.41) is 0. The van der Waals surface area contributed by atoms with E-state index in [9.17, 15) is 4.79 Å². The van der Waals surface area contributed by atoms with Crippen LogP contribution in [0.5, 0.6) is 0 Å². The molecule has 28 heavy (non-hydrogen) atoms.